The van der Waals surface area contributed by atoms with Crippen LogP contribution in [0.15, 0.2) is 30.5 Å². The van der Waals surface area contributed by atoms with Gasteiger partial charge in [-0.1, -0.05) is 11.6 Å². The highest BCUT2D eigenvalue weighted by molar-refractivity contribution is 6.30. The van der Waals surface area contributed by atoms with Crippen LogP contribution in [0.2, 0.25) is 5.02 Å². The Morgan fingerprint density at radius 1 is 1.16 bits per heavy atom. The van der Waals surface area contributed by atoms with Gasteiger partial charge in [-0.2, -0.15) is 0 Å². The zero-order valence-electron chi connectivity index (χ0n) is 10.4. The zero-order chi connectivity index (χ0) is 13.8. The number of pyridine rings is 1. The molecule has 1 aromatic carbocycles. The van der Waals surface area contributed by atoms with E-state index in [2.05, 4.69) is 10.3 Å². The number of benzene rings is 1. The number of hydrogen-bond donors (Lipinski definition) is 1. The van der Waals surface area contributed by atoms with Crippen molar-refractivity contribution in [2.75, 3.05) is 19.5 Å². The van der Waals surface area contributed by atoms with Crippen LogP contribution in [0.5, 0.6) is 11.5 Å². The third-order valence-electron chi connectivity index (χ3n) is 2.45. The smallest absolute Gasteiger partial charge is 0.167 e. The maximum Gasteiger partial charge on any atom is 0.167 e. The molecular weight excluding hydrogens is 271 g/mol. The molecule has 0 fully saturated rings. The summed E-state index contributed by atoms with van der Waals surface area (Å²) in [5, 5.41) is 3.09. The Hall–Kier alpha value is -2.01. The van der Waals surface area contributed by atoms with Gasteiger partial charge in [0, 0.05) is 18.0 Å². The number of halogens is 2. The maximum atomic E-state index is 13.6. The summed E-state index contributed by atoms with van der Waals surface area (Å²) >= 11 is 5.64. The average Bonchev–Trinajstić information content (AvgIpc) is 2.41. The van der Waals surface area contributed by atoms with E-state index >= 15 is 0 Å². The van der Waals surface area contributed by atoms with Crippen LogP contribution in [0, 0.1) is 5.82 Å². The summed E-state index contributed by atoms with van der Waals surface area (Å²) in [4.78, 5) is 3.88. The molecule has 0 saturated carbocycles. The van der Waals surface area contributed by atoms with Crippen molar-refractivity contribution < 1.29 is 13.9 Å². The van der Waals surface area contributed by atoms with E-state index in [4.69, 9.17) is 21.1 Å². The summed E-state index contributed by atoms with van der Waals surface area (Å²) in [5.41, 5.74) is 0.631. The lowest BCUT2D eigenvalue weighted by molar-refractivity contribution is 0.355. The highest BCUT2D eigenvalue weighted by Gasteiger charge is 2.08. The van der Waals surface area contributed by atoms with Gasteiger partial charge >= 0.3 is 0 Å². The number of anilines is 2. The predicted octanol–water partition coefficient (Wildman–Crippen LogP) is 3.63. The molecule has 0 unspecified atom stereocenters. The van der Waals surface area contributed by atoms with Gasteiger partial charge in [0.1, 0.15) is 0 Å². The topological polar surface area (TPSA) is 43.4 Å². The lowest BCUT2D eigenvalue weighted by atomic mass is 10.2. The maximum absolute atomic E-state index is 13.6. The van der Waals surface area contributed by atoms with Crippen LogP contribution in [0.4, 0.5) is 15.9 Å². The van der Waals surface area contributed by atoms with Crippen molar-refractivity contribution in [2.45, 2.75) is 0 Å². The van der Waals surface area contributed by atoms with Crippen LogP contribution in [0.25, 0.3) is 0 Å². The number of aromatic nitrogens is 1. The first-order valence-corrected chi connectivity index (χ1v) is 5.82. The van der Waals surface area contributed by atoms with Crippen molar-refractivity contribution in [2.24, 2.45) is 0 Å². The van der Waals surface area contributed by atoms with E-state index in [9.17, 15) is 4.39 Å². The molecule has 1 aromatic heterocycles. The summed E-state index contributed by atoms with van der Waals surface area (Å²) in [5.74, 6) is 0.707. The summed E-state index contributed by atoms with van der Waals surface area (Å²) < 4.78 is 23.9. The van der Waals surface area contributed by atoms with Crippen LogP contribution in [0.3, 0.4) is 0 Å². The first kappa shape index (κ1) is 13.4. The Balaban J connectivity index is 2.28. The van der Waals surface area contributed by atoms with Gasteiger partial charge in [0.2, 0.25) is 0 Å². The average molecular weight is 283 g/mol. The number of nitrogens with zero attached hydrogens (tertiary/aromatic N) is 1. The van der Waals surface area contributed by atoms with Crippen LogP contribution in [0.1, 0.15) is 0 Å². The molecule has 0 amide bonds. The van der Waals surface area contributed by atoms with Crippen LogP contribution in [-0.2, 0) is 0 Å². The molecular formula is C13H12ClFN2O2. The van der Waals surface area contributed by atoms with Gasteiger partial charge in [0.05, 0.1) is 19.2 Å². The minimum atomic E-state index is -0.526. The minimum absolute atomic E-state index is 0.0941. The normalized spacial score (nSPS) is 10.1. The Bertz CT molecular complexity index is 593. The summed E-state index contributed by atoms with van der Waals surface area (Å²) in [6.45, 7) is 0. The fourth-order valence-electron chi connectivity index (χ4n) is 1.56. The lowest BCUT2D eigenvalue weighted by Crippen LogP contribution is -1.98. The molecule has 0 radical (unpaired) electrons. The van der Waals surface area contributed by atoms with E-state index in [0.29, 0.717) is 17.2 Å². The van der Waals surface area contributed by atoms with Crippen molar-refractivity contribution in [3.05, 3.63) is 41.3 Å². The zero-order valence-corrected chi connectivity index (χ0v) is 11.2. The van der Waals surface area contributed by atoms with E-state index < -0.39 is 5.82 Å². The molecule has 0 saturated heterocycles. The molecule has 1 N–H and O–H groups in total. The summed E-state index contributed by atoms with van der Waals surface area (Å²) in [6, 6.07) is 6.33. The van der Waals surface area contributed by atoms with Crippen LogP contribution >= 0.6 is 11.6 Å². The Morgan fingerprint density at radius 2 is 1.89 bits per heavy atom. The van der Waals surface area contributed by atoms with Gasteiger partial charge in [0.15, 0.2) is 23.1 Å². The van der Waals surface area contributed by atoms with E-state index in [1.54, 1.807) is 25.3 Å². The van der Waals surface area contributed by atoms with Gasteiger partial charge in [-0.15, -0.1) is 0 Å². The van der Waals surface area contributed by atoms with E-state index in [0.717, 1.165) is 0 Å². The van der Waals surface area contributed by atoms with Crippen molar-refractivity contribution in [1.29, 1.82) is 0 Å². The largest absolute Gasteiger partial charge is 0.493 e. The quantitative estimate of drug-likeness (QED) is 0.930. The predicted molar refractivity (Wildman–Crippen MR) is 72.0 cm³/mol. The molecule has 4 nitrogen and oxygen atoms in total. The number of ether oxygens (including phenoxy) is 2. The molecule has 0 aliphatic heterocycles. The Kier molecular flexibility index (Phi) is 4.06. The summed E-state index contributed by atoms with van der Waals surface area (Å²) in [7, 11) is 3.08. The van der Waals surface area contributed by atoms with Crippen molar-refractivity contribution in [3.8, 4) is 11.5 Å². The second-order valence-corrected chi connectivity index (χ2v) is 4.12. The molecule has 2 aromatic rings. The third-order valence-corrected chi connectivity index (χ3v) is 2.66. The van der Waals surface area contributed by atoms with Gasteiger partial charge in [0.25, 0.3) is 0 Å². The molecule has 2 rings (SSSR count). The van der Waals surface area contributed by atoms with Crippen LogP contribution in [-0.4, -0.2) is 19.2 Å². The highest BCUT2D eigenvalue weighted by Crippen LogP contribution is 2.31. The third kappa shape index (κ3) is 3.06. The second kappa shape index (κ2) is 5.75. The molecule has 0 spiro atoms. The Labute approximate surface area is 115 Å². The van der Waals surface area contributed by atoms with E-state index in [1.165, 1.54) is 19.4 Å². The van der Waals surface area contributed by atoms with Crippen molar-refractivity contribution in [1.82, 2.24) is 4.98 Å². The Morgan fingerprint density at radius 3 is 2.53 bits per heavy atom. The van der Waals surface area contributed by atoms with Crippen LogP contribution < -0.4 is 14.8 Å². The second-order valence-electron chi connectivity index (χ2n) is 3.68. The molecule has 100 valence electrons. The number of rotatable bonds is 4. The molecule has 0 atom stereocenters. The standard InChI is InChI=1S/C13H12ClFN2O2/c1-18-11-4-3-9(6-12(11)19-2)17-13-10(15)5-8(14)7-16-13/h3-7H,1-2H3,(H,16,17). The van der Waals surface area contributed by atoms with Gasteiger partial charge in [-0.3, -0.25) is 0 Å². The SMILES string of the molecule is COc1ccc(Nc2ncc(Cl)cc2F)cc1OC. The monoisotopic (exact) mass is 282 g/mol. The van der Waals surface area contributed by atoms with Crippen molar-refractivity contribution in [3.63, 3.8) is 0 Å². The molecule has 1 heterocycles. The lowest BCUT2D eigenvalue weighted by Gasteiger charge is -2.11. The first-order chi connectivity index (χ1) is 9.13. The van der Waals surface area contributed by atoms with Gasteiger partial charge in [-0.05, 0) is 18.2 Å². The van der Waals surface area contributed by atoms with Gasteiger partial charge in [-0.25, -0.2) is 9.37 Å². The minimum Gasteiger partial charge on any atom is -0.493 e. The first-order valence-electron chi connectivity index (χ1n) is 5.44. The highest BCUT2D eigenvalue weighted by atomic mass is 35.5. The molecule has 0 aliphatic rings. The number of methoxy groups -OCH3 is 2. The molecule has 6 heteroatoms. The molecule has 19 heavy (non-hydrogen) atoms. The number of nitrogens with one attached hydrogen (secondary N) is 1. The molecule has 0 aliphatic carbocycles. The van der Waals surface area contributed by atoms with E-state index in [-0.39, 0.29) is 10.8 Å². The van der Waals surface area contributed by atoms with E-state index in [1.807, 2.05) is 0 Å². The fraction of sp³-hybridized carbons (Fsp3) is 0.154. The van der Waals surface area contributed by atoms with Gasteiger partial charge < -0.3 is 14.8 Å². The summed E-state index contributed by atoms with van der Waals surface area (Å²) in [6.07, 6.45) is 1.37. The fourth-order valence-corrected chi connectivity index (χ4v) is 1.70. The van der Waals surface area contributed by atoms with Crippen molar-refractivity contribution >= 4 is 23.1 Å². The molecule has 0 bridgehead atoms. The number of hydrogen-bond acceptors (Lipinski definition) is 4.